The highest BCUT2D eigenvalue weighted by atomic mass is 19.3. The number of nitrogens with zero attached hydrogens (tertiary/aromatic N) is 1. The molecule has 0 aliphatic heterocycles. The van der Waals surface area contributed by atoms with Crippen molar-refractivity contribution >= 4 is 34.5 Å². The fourth-order valence-electron chi connectivity index (χ4n) is 2.64. The molecule has 2 N–H and O–H groups in total. The van der Waals surface area contributed by atoms with Gasteiger partial charge < -0.3 is 10.1 Å². The maximum Gasteiger partial charge on any atom is 0.387 e. The quantitative estimate of drug-likeness (QED) is 0.390. The van der Waals surface area contributed by atoms with Gasteiger partial charge in [-0.3, -0.25) is 9.59 Å². The monoisotopic (exact) mass is 397 g/mol. The molecule has 8 heteroatoms. The summed E-state index contributed by atoms with van der Waals surface area (Å²) < 4.78 is 29.9. The summed E-state index contributed by atoms with van der Waals surface area (Å²) in [6.45, 7) is -1.12. The van der Waals surface area contributed by atoms with Crippen LogP contribution in [0.4, 0.5) is 14.5 Å². The first-order valence-corrected chi connectivity index (χ1v) is 8.61. The predicted octanol–water partition coefficient (Wildman–Crippen LogP) is 3.84. The van der Waals surface area contributed by atoms with Crippen LogP contribution in [0.1, 0.15) is 11.1 Å². The number of alkyl halides is 2. The van der Waals surface area contributed by atoms with Gasteiger partial charge in [0.25, 0.3) is 0 Å². The summed E-state index contributed by atoms with van der Waals surface area (Å²) in [6, 6.07) is 17.0. The number of hydrogen-bond acceptors (Lipinski definition) is 4. The van der Waals surface area contributed by atoms with E-state index in [1.165, 1.54) is 6.07 Å². The summed E-state index contributed by atoms with van der Waals surface area (Å²) in [7, 11) is 0. The van der Waals surface area contributed by atoms with E-state index in [1.54, 1.807) is 54.6 Å². The molecule has 6 nitrogen and oxygen atoms in total. The Hall–Kier alpha value is -3.81. The fourth-order valence-corrected chi connectivity index (χ4v) is 2.64. The van der Waals surface area contributed by atoms with Crippen LogP contribution in [0.5, 0.6) is 5.75 Å². The molecule has 3 rings (SSSR count). The van der Waals surface area contributed by atoms with Crippen LogP contribution < -0.4 is 15.5 Å². The second-order valence-electron chi connectivity index (χ2n) is 6.10. The van der Waals surface area contributed by atoms with E-state index in [1.807, 2.05) is 6.92 Å². The number of amides is 2. The maximum atomic E-state index is 12.7. The largest absolute Gasteiger partial charge is 0.434 e. The van der Waals surface area contributed by atoms with Gasteiger partial charge in [0.05, 0.1) is 6.21 Å². The molecule has 0 saturated carbocycles. The Morgan fingerprint density at radius 3 is 2.45 bits per heavy atom. The number of benzene rings is 3. The lowest BCUT2D eigenvalue weighted by molar-refractivity contribution is -0.136. The van der Waals surface area contributed by atoms with Crippen molar-refractivity contribution in [3.63, 3.8) is 0 Å². The van der Waals surface area contributed by atoms with Gasteiger partial charge in [-0.1, -0.05) is 48.0 Å². The van der Waals surface area contributed by atoms with Gasteiger partial charge in [-0.2, -0.15) is 13.9 Å². The lowest BCUT2D eigenvalue weighted by atomic mass is 10.0. The topological polar surface area (TPSA) is 79.8 Å². The number of hydrazone groups is 1. The first-order valence-electron chi connectivity index (χ1n) is 8.61. The fraction of sp³-hybridized carbons (Fsp3) is 0.0952. The van der Waals surface area contributed by atoms with Crippen LogP contribution in [0, 0.1) is 6.92 Å². The summed E-state index contributed by atoms with van der Waals surface area (Å²) in [5.41, 5.74) is 3.80. The molecule has 148 valence electrons. The third kappa shape index (κ3) is 5.13. The van der Waals surface area contributed by atoms with Gasteiger partial charge in [0.2, 0.25) is 0 Å². The van der Waals surface area contributed by atoms with E-state index in [0.29, 0.717) is 11.1 Å². The molecule has 0 heterocycles. The van der Waals surface area contributed by atoms with Crippen LogP contribution in [0.15, 0.2) is 65.8 Å². The molecule has 0 aromatic heterocycles. The number of rotatable bonds is 5. The van der Waals surface area contributed by atoms with Crippen LogP contribution in [0.25, 0.3) is 10.8 Å². The minimum Gasteiger partial charge on any atom is -0.434 e. The molecular weight excluding hydrogens is 380 g/mol. The number of fused-ring (bicyclic) bond motifs is 1. The number of nitrogens with one attached hydrogen (secondary N) is 2. The van der Waals surface area contributed by atoms with Crippen molar-refractivity contribution in [3.8, 4) is 5.75 Å². The van der Waals surface area contributed by atoms with Gasteiger partial charge in [0.15, 0.2) is 0 Å². The molecule has 0 aliphatic carbocycles. The van der Waals surface area contributed by atoms with Crippen LogP contribution in [-0.4, -0.2) is 24.6 Å². The number of anilines is 1. The molecule has 0 unspecified atom stereocenters. The lowest BCUT2D eigenvalue weighted by Crippen LogP contribution is -2.32. The molecule has 29 heavy (non-hydrogen) atoms. The molecule has 0 aliphatic rings. The van der Waals surface area contributed by atoms with E-state index in [-0.39, 0.29) is 11.3 Å². The van der Waals surface area contributed by atoms with Gasteiger partial charge in [-0.05, 0) is 35.9 Å². The van der Waals surface area contributed by atoms with Crippen LogP contribution >= 0.6 is 0 Å². The second-order valence-corrected chi connectivity index (χ2v) is 6.10. The third-order valence-corrected chi connectivity index (χ3v) is 4.02. The van der Waals surface area contributed by atoms with Gasteiger partial charge in [-0.15, -0.1) is 0 Å². The van der Waals surface area contributed by atoms with Crippen LogP contribution in [0.3, 0.4) is 0 Å². The van der Waals surface area contributed by atoms with Crippen molar-refractivity contribution in [3.05, 3.63) is 71.8 Å². The zero-order chi connectivity index (χ0) is 20.8. The van der Waals surface area contributed by atoms with Crippen molar-refractivity contribution in [2.45, 2.75) is 13.5 Å². The molecule has 3 aromatic rings. The number of halogens is 2. The molecule has 2 amide bonds. The Balaban J connectivity index is 1.75. The van der Waals surface area contributed by atoms with E-state index in [4.69, 9.17) is 0 Å². The Kier molecular flexibility index (Phi) is 6.13. The highest BCUT2D eigenvalue weighted by molar-refractivity contribution is 6.39. The maximum absolute atomic E-state index is 12.7. The average molecular weight is 397 g/mol. The predicted molar refractivity (Wildman–Crippen MR) is 106 cm³/mol. The standard InChI is InChI=1S/C21H17F2N3O3/c1-13-6-9-15(10-7-13)25-19(27)20(28)26-24-12-17-16-5-3-2-4-14(16)8-11-18(17)29-21(22)23/h2-12,21H,1H3,(H,25,27)(H,26,28)/b24-12-. The number of carbonyl (C=O) groups is 2. The minimum atomic E-state index is -3.02. The number of carbonyl (C=O) groups excluding carboxylic acids is 2. The molecule has 3 aromatic carbocycles. The van der Waals surface area contributed by atoms with E-state index >= 15 is 0 Å². The normalized spacial score (nSPS) is 11.0. The zero-order valence-corrected chi connectivity index (χ0v) is 15.4. The highest BCUT2D eigenvalue weighted by Crippen LogP contribution is 2.27. The first kappa shape index (κ1) is 19.9. The summed E-state index contributed by atoms with van der Waals surface area (Å²) in [5.74, 6) is -2.01. The molecular formula is C21H17F2N3O3. The van der Waals surface area contributed by atoms with Crippen molar-refractivity contribution in [2.75, 3.05) is 5.32 Å². The average Bonchev–Trinajstić information content (AvgIpc) is 2.70. The Labute approximate surface area is 165 Å². The lowest BCUT2D eigenvalue weighted by Gasteiger charge is -2.10. The Bertz CT molecular complexity index is 1070. The molecule has 0 saturated heterocycles. The van der Waals surface area contributed by atoms with Gasteiger partial charge in [0.1, 0.15) is 5.75 Å². The first-order chi connectivity index (χ1) is 13.9. The Morgan fingerprint density at radius 2 is 1.72 bits per heavy atom. The van der Waals surface area contributed by atoms with Crippen molar-refractivity contribution in [1.29, 1.82) is 0 Å². The minimum absolute atomic E-state index is 0.0965. The van der Waals surface area contributed by atoms with Gasteiger partial charge in [0, 0.05) is 11.3 Å². The second kappa shape index (κ2) is 8.92. The number of aryl methyl sites for hydroxylation is 1. The molecule has 0 radical (unpaired) electrons. The third-order valence-electron chi connectivity index (χ3n) is 4.02. The molecule has 0 fully saturated rings. The van der Waals surface area contributed by atoms with Crippen molar-refractivity contribution < 1.29 is 23.1 Å². The zero-order valence-electron chi connectivity index (χ0n) is 15.4. The smallest absolute Gasteiger partial charge is 0.387 e. The van der Waals surface area contributed by atoms with Crippen LogP contribution in [-0.2, 0) is 9.59 Å². The van der Waals surface area contributed by atoms with Crippen molar-refractivity contribution in [1.82, 2.24) is 5.43 Å². The van der Waals surface area contributed by atoms with E-state index < -0.39 is 18.4 Å². The molecule has 0 bridgehead atoms. The van der Waals surface area contributed by atoms with Crippen LogP contribution in [0.2, 0.25) is 0 Å². The van der Waals surface area contributed by atoms with Gasteiger partial charge >= 0.3 is 18.4 Å². The van der Waals surface area contributed by atoms with Crippen molar-refractivity contribution in [2.24, 2.45) is 5.10 Å². The summed E-state index contributed by atoms with van der Waals surface area (Å²) >= 11 is 0. The molecule has 0 atom stereocenters. The van der Waals surface area contributed by atoms with E-state index in [0.717, 1.165) is 17.2 Å². The Morgan fingerprint density at radius 1 is 1.00 bits per heavy atom. The van der Waals surface area contributed by atoms with Gasteiger partial charge in [-0.25, -0.2) is 5.43 Å². The summed E-state index contributed by atoms with van der Waals surface area (Å²) in [5, 5.41) is 7.54. The summed E-state index contributed by atoms with van der Waals surface area (Å²) in [4.78, 5) is 23.9. The highest BCUT2D eigenvalue weighted by Gasteiger charge is 2.14. The number of ether oxygens (including phenoxy) is 1. The number of hydrogen-bond donors (Lipinski definition) is 2. The van der Waals surface area contributed by atoms with E-state index in [9.17, 15) is 18.4 Å². The van der Waals surface area contributed by atoms with E-state index in [2.05, 4.69) is 20.6 Å². The summed E-state index contributed by atoms with van der Waals surface area (Å²) in [6.07, 6.45) is 1.16. The molecule has 0 spiro atoms. The SMILES string of the molecule is Cc1ccc(NC(=O)C(=O)N/N=C\c2c(OC(F)F)ccc3ccccc23)cc1.